The van der Waals surface area contributed by atoms with Crippen LogP contribution in [-0.4, -0.2) is 49.4 Å². The third-order valence-electron chi connectivity index (χ3n) is 4.65. The third-order valence-corrected chi connectivity index (χ3v) is 4.65. The highest BCUT2D eigenvalue weighted by Crippen LogP contribution is 2.10. The minimum Gasteiger partial charge on any atom is -0.459 e. The lowest BCUT2D eigenvalue weighted by molar-refractivity contribution is -0.149. The molecule has 0 fully saturated rings. The molecule has 0 saturated heterocycles. The van der Waals surface area contributed by atoms with Crippen LogP contribution in [0.15, 0.2) is 60.7 Å². The van der Waals surface area contributed by atoms with Gasteiger partial charge in [-0.1, -0.05) is 60.7 Å². The van der Waals surface area contributed by atoms with E-state index in [4.69, 9.17) is 14.2 Å². The fourth-order valence-corrected chi connectivity index (χ4v) is 3.20. The SMILES string of the molecule is COC[C@H](Cc1ccccc1)NC(=O)C[C@@H](NC(=O)OC(C)(C)C)C(=O)OCc1ccccc1. The molecule has 34 heavy (non-hydrogen) atoms. The van der Waals surface area contributed by atoms with Crippen molar-refractivity contribution in [3.8, 4) is 0 Å². The van der Waals surface area contributed by atoms with E-state index in [0.717, 1.165) is 11.1 Å². The Morgan fingerprint density at radius 2 is 1.47 bits per heavy atom. The standard InChI is InChI=1S/C26H34N2O6/c1-26(2,3)34-25(31)28-22(24(30)33-17-20-13-9-6-10-14-20)16-23(29)27-21(18-32-4)15-19-11-7-5-8-12-19/h5-14,21-22H,15-18H2,1-4H3,(H,27,29)(H,28,31)/t21-,22+/m0/s1. The zero-order valence-electron chi connectivity index (χ0n) is 20.2. The Morgan fingerprint density at radius 1 is 0.882 bits per heavy atom. The Hall–Kier alpha value is -3.39. The van der Waals surface area contributed by atoms with Crippen molar-refractivity contribution >= 4 is 18.0 Å². The van der Waals surface area contributed by atoms with Crippen LogP contribution < -0.4 is 10.6 Å². The molecule has 0 unspecified atom stereocenters. The summed E-state index contributed by atoms with van der Waals surface area (Å²) in [4.78, 5) is 37.9. The van der Waals surface area contributed by atoms with Gasteiger partial charge in [-0.25, -0.2) is 9.59 Å². The molecule has 0 saturated carbocycles. The number of hydrogen-bond acceptors (Lipinski definition) is 6. The fourth-order valence-electron chi connectivity index (χ4n) is 3.20. The first kappa shape index (κ1) is 26.9. The maximum Gasteiger partial charge on any atom is 0.408 e. The normalized spacial score (nSPS) is 12.8. The average Bonchev–Trinajstić information content (AvgIpc) is 2.77. The summed E-state index contributed by atoms with van der Waals surface area (Å²) in [7, 11) is 1.55. The van der Waals surface area contributed by atoms with Crippen LogP contribution in [0.5, 0.6) is 0 Å². The first-order valence-electron chi connectivity index (χ1n) is 11.2. The average molecular weight is 471 g/mol. The molecule has 2 rings (SSSR count). The number of nitrogens with one attached hydrogen (secondary N) is 2. The summed E-state index contributed by atoms with van der Waals surface area (Å²) in [6, 6.07) is 17.3. The van der Waals surface area contributed by atoms with E-state index in [0.29, 0.717) is 13.0 Å². The molecule has 2 aromatic carbocycles. The van der Waals surface area contributed by atoms with Crippen molar-refractivity contribution in [3.63, 3.8) is 0 Å². The van der Waals surface area contributed by atoms with Gasteiger partial charge in [0.05, 0.1) is 19.1 Å². The highest BCUT2D eigenvalue weighted by molar-refractivity contribution is 5.88. The molecule has 2 N–H and O–H groups in total. The lowest BCUT2D eigenvalue weighted by Crippen LogP contribution is -2.48. The second-order valence-electron chi connectivity index (χ2n) is 8.91. The van der Waals surface area contributed by atoms with Crippen molar-refractivity contribution in [1.82, 2.24) is 10.6 Å². The molecule has 2 aromatic rings. The van der Waals surface area contributed by atoms with Gasteiger partial charge >= 0.3 is 12.1 Å². The monoisotopic (exact) mass is 470 g/mol. The van der Waals surface area contributed by atoms with E-state index >= 15 is 0 Å². The van der Waals surface area contributed by atoms with E-state index in [1.807, 2.05) is 60.7 Å². The summed E-state index contributed by atoms with van der Waals surface area (Å²) < 4.78 is 15.8. The summed E-state index contributed by atoms with van der Waals surface area (Å²) >= 11 is 0. The molecule has 0 aliphatic heterocycles. The first-order chi connectivity index (χ1) is 16.2. The number of hydrogen-bond donors (Lipinski definition) is 2. The van der Waals surface area contributed by atoms with Gasteiger partial charge in [-0.2, -0.15) is 0 Å². The minimum atomic E-state index is -1.21. The summed E-state index contributed by atoms with van der Waals surface area (Å²) in [5.74, 6) is -1.15. The maximum atomic E-state index is 12.8. The lowest BCUT2D eigenvalue weighted by Gasteiger charge is -2.24. The van der Waals surface area contributed by atoms with E-state index in [1.165, 1.54) is 0 Å². The van der Waals surface area contributed by atoms with E-state index in [2.05, 4.69) is 10.6 Å². The predicted octanol–water partition coefficient (Wildman–Crippen LogP) is 3.39. The van der Waals surface area contributed by atoms with Crippen LogP contribution >= 0.6 is 0 Å². The van der Waals surface area contributed by atoms with Crippen LogP contribution in [0.3, 0.4) is 0 Å². The molecule has 0 heterocycles. The number of amides is 2. The maximum absolute atomic E-state index is 12.8. The smallest absolute Gasteiger partial charge is 0.408 e. The predicted molar refractivity (Wildman–Crippen MR) is 128 cm³/mol. The Kier molecular flexibility index (Phi) is 10.5. The van der Waals surface area contributed by atoms with Crippen molar-refractivity contribution in [3.05, 3.63) is 71.8 Å². The topological polar surface area (TPSA) is 103 Å². The van der Waals surface area contributed by atoms with Crippen molar-refractivity contribution in [1.29, 1.82) is 0 Å². The van der Waals surface area contributed by atoms with Gasteiger partial charge in [0.2, 0.25) is 5.91 Å². The minimum absolute atomic E-state index is 0.0219. The first-order valence-corrected chi connectivity index (χ1v) is 11.2. The largest absolute Gasteiger partial charge is 0.459 e. The molecule has 2 atom stereocenters. The van der Waals surface area contributed by atoms with Gasteiger partial charge in [-0.3, -0.25) is 4.79 Å². The van der Waals surface area contributed by atoms with Gasteiger partial charge in [-0.15, -0.1) is 0 Å². The van der Waals surface area contributed by atoms with Crippen molar-refractivity contribution in [2.45, 2.75) is 57.9 Å². The molecule has 0 radical (unpaired) electrons. The Bertz CT molecular complexity index is 912. The molecule has 0 spiro atoms. The molecule has 0 aromatic heterocycles. The molecule has 8 nitrogen and oxygen atoms in total. The van der Waals surface area contributed by atoms with E-state index < -0.39 is 29.6 Å². The molecule has 0 bridgehead atoms. The molecule has 2 amide bonds. The molecular formula is C26H34N2O6. The number of methoxy groups -OCH3 is 1. The highest BCUT2D eigenvalue weighted by atomic mass is 16.6. The number of benzene rings is 2. The van der Waals surface area contributed by atoms with Crippen LogP contribution in [0.4, 0.5) is 4.79 Å². The highest BCUT2D eigenvalue weighted by Gasteiger charge is 2.28. The summed E-state index contributed by atoms with van der Waals surface area (Å²) in [5.41, 5.74) is 1.07. The molecule has 184 valence electrons. The summed E-state index contributed by atoms with van der Waals surface area (Å²) in [6.07, 6.45) is -0.551. The van der Waals surface area contributed by atoms with E-state index in [9.17, 15) is 14.4 Å². The van der Waals surface area contributed by atoms with Gasteiger partial charge in [-0.05, 0) is 38.3 Å². The van der Waals surface area contributed by atoms with Gasteiger partial charge in [0.1, 0.15) is 18.2 Å². The van der Waals surface area contributed by atoms with Crippen molar-refractivity contribution in [2.75, 3.05) is 13.7 Å². The van der Waals surface area contributed by atoms with E-state index in [-0.39, 0.29) is 19.1 Å². The van der Waals surface area contributed by atoms with Crippen molar-refractivity contribution in [2.24, 2.45) is 0 Å². The molecule has 8 heteroatoms. The van der Waals surface area contributed by atoms with Gasteiger partial charge < -0.3 is 24.8 Å². The number of esters is 1. The summed E-state index contributed by atoms with van der Waals surface area (Å²) in [5, 5.41) is 5.35. The quantitative estimate of drug-likeness (QED) is 0.488. The Labute approximate surface area is 201 Å². The fraction of sp³-hybridized carbons (Fsp3) is 0.423. The van der Waals surface area contributed by atoms with Crippen molar-refractivity contribution < 1.29 is 28.6 Å². The number of carbonyl (C=O) groups excluding carboxylic acids is 3. The van der Waals surface area contributed by atoms with Crippen LogP contribution in [-0.2, 0) is 36.8 Å². The van der Waals surface area contributed by atoms with Crippen LogP contribution in [0.1, 0.15) is 38.3 Å². The summed E-state index contributed by atoms with van der Waals surface area (Å²) in [6.45, 7) is 5.44. The van der Waals surface area contributed by atoms with Gasteiger partial charge in [0.15, 0.2) is 0 Å². The second kappa shape index (κ2) is 13.3. The number of carbonyl (C=O) groups is 3. The van der Waals surface area contributed by atoms with Crippen LogP contribution in [0.25, 0.3) is 0 Å². The number of ether oxygens (including phenoxy) is 3. The van der Waals surface area contributed by atoms with E-state index in [1.54, 1.807) is 27.9 Å². The molecular weight excluding hydrogens is 436 g/mol. The second-order valence-corrected chi connectivity index (χ2v) is 8.91. The Balaban J connectivity index is 2.04. The number of alkyl carbamates (subject to hydrolysis) is 1. The zero-order chi connectivity index (χ0) is 25.0. The Morgan fingerprint density at radius 3 is 2.03 bits per heavy atom. The third kappa shape index (κ3) is 10.5. The van der Waals surface area contributed by atoms with Gasteiger partial charge in [0, 0.05) is 7.11 Å². The zero-order valence-corrected chi connectivity index (χ0v) is 20.2. The number of rotatable bonds is 11. The molecule has 0 aliphatic rings. The van der Waals surface area contributed by atoms with Crippen LogP contribution in [0.2, 0.25) is 0 Å². The van der Waals surface area contributed by atoms with Gasteiger partial charge in [0.25, 0.3) is 0 Å². The lowest BCUT2D eigenvalue weighted by atomic mass is 10.1. The molecule has 0 aliphatic carbocycles. The van der Waals surface area contributed by atoms with Crippen LogP contribution in [0, 0.1) is 0 Å².